The van der Waals surface area contributed by atoms with E-state index in [1.54, 1.807) is 6.92 Å². The summed E-state index contributed by atoms with van der Waals surface area (Å²) < 4.78 is 5.16. The van der Waals surface area contributed by atoms with Crippen LogP contribution in [-0.2, 0) is 4.79 Å². The molecule has 1 unspecified atom stereocenters. The molecule has 1 aliphatic rings. The van der Waals surface area contributed by atoms with E-state index in [0.29, 0.717) is 13.0 Å². The molecule has 2 rings (SSSR count). The molecular formula is C14H16N2O6. The Morgan fingerprint density at radius 2 is 2.23 bits per heavy atom. The molecule has 1 aliphatic heterocycles. The number of aliphatic carboxylic acids is 1. The van der Waals surface area contributed by atoms with Crippen LogP contribution in [0.5, 0.6) is 5.75 Å². The third kappa shape index (κ3) is 3.16. The van der Waals surface area contributed by atoms with E-state index in [2.05, 4.69) is 0 Å². The Labute approximate surface area is 126 Å². The monoisotopic (exact) mass is 308 g/mol. The first kappa shape index (κ1) is 15.7. The van der Waals surface area contributed by atoms with Crippen molar-refractivity contribution < 1.29 is 24.4 Å². The summed E-state index contributed by atoms with van der Waals surface area (Å²) in [6.45, 7) is 2.44. The molecule has 22 heavy (non-hydrogen) atoms. The van der Waals surface area contributed by atoms with Crippen molar-refractivity contribution in [1.82, 2.24) is 4.90 Å². The number of carboxylic acids is 1. The van der Waals surface area contributed by atoms with Crippen molar-refractivity contribution >= 4 is 17.6 Å². The fourth-order valence-electron chi connectivity index (χ4n) is 2.40. The Balaban J connectivity index is 2.22. The predicted octanol–water partition coefficient (Wildman–Crippen LogP) is 1.54. The van der Waals surface area contributed by atoms with Gasteiger partial charge in [0.15, 0.2) is 5.75 Å². The average Bonchev–Trinajstić information content (AvgIpc) is 2.97. The van der Waals surface area contributed by atoms with Gasteiger partial charge in [-0.2, -0.15) is 0 Å². The number of benzene rings is 1. The molecule has 1 saturated heterocycles. The molecule has 0 radical (unpaired) electrons. The number of nitro benzene ring substituents is 1. The van der Waals surface area contributed by atoms with Crippen LogP contribution < -0.4 is 4.74 Å². The highest BCUT2D eigenvalue weighted by atomic mass is 16.6. The lowest BCUT2D eigenvalue weighted by Crippen LogP contribution is -2.30. The summed E-state index contributed by atoms with van der Waals surface area (Å²) in [6.07, 6.45) is 0.389. The smallest absolute Gasteiger partial charge is 0.311 e. The molecule has 0 spiro atoms. The van der Waals surface area contributed by atoms with Gasteiger partial charge in [-0.3, -0.25) is 19.7 Å². The third-order valence-corrected chi connectivity index (χ3v) is 3.53. The van der Waals surface area contributed by atoms with Crippen LogP contribution in [0.25, 0.3) is 0 Å². The van der Waals surface area contributed by atoms with Gasteiger partial charge in [0.1, 0.15) is 0 Å². The van der Waals surface area contributed by atoms with Crippen molar-refractivity contribution in [2.24, 2.45) is 5.92 Å². The molecule has 8 heteroatoms. The van der Waals surface area contributed by atoms with E-state index >= 15 is 0 Å². The van der Waals surface area contributed by atoms with Crippen LogP contribution in [0.3, 0.4) is 0 Å². The molecule has 0 saturated carbocycles. The molecule has 0 aromatic heterocycles. The largest absolute Gasteiger partial charge is 0.487 e. The van der Waals surface area contributed by atoms with E-state index in [0.717, 1.165) is 0 Å². The first-order valence-electron chi connectivity index (χ1n) is 6.87. The molecule has 0 aliphatic carbocycles. The highest BCUT2D eigenvalue weighted by Gasteiger charge is 2.32. The zero-order chi connectivity index (χ0) is 16.3. The van der Waals surface area contributed by atoms with Crippen LogP contribution in [0.2, 0.25) is 0 Å². The Kier molecular flexibility index (Phi) is 4.59. The molecule has 8 nitrogen and oxygen atoms in total. The zero-order valence-corrected chi connectivity index (χ0v) is 12.0. The van der Waals surface area contributed by atoms with Gasteiger partial charge in [-0.1, -0.05) is 0 Å². The quantitative estimate of drug-likeness (QED) is 0.652. The summed E-state index contributed by atoms with van der Waals surface area (Å²) >= 11 is 0. The van der Waals surface area contributed by atoms with Gasteiger partial charge in [-0.25, -0.2) is 0 Å². The topological polar surface area (TPSA) is 110 Å². The molecule has 1 amide bonds. The van der Waals surface area contributed by atoms with Crippen LogP contribution in [0, 0.1) is 16.0 Å². The van der Waals surface area contributed by atoms with Crippen molar-refractivity contribution in [2.75, 3.05) is 19.7 Å². The number of ether oxygens (including phenoxy) is 1. The van der Waals surface area contributed by atoms with Crippen molar-refractivity contribution in [3.05, 3.63) is 33.9 Å². The number of nitrogens with zero attached hydrogens (tertiary/aromatic N) is 2. The van der Waals surface area contributed by atoms with E-state index in [1.807, 2.05) is 0 Å². The third-order valence-electron chi connectivity index (χ3n) is 3.53. The normalized spacial score (nSPS) is 17.3. The van der Waals surface area contributed by atoms with Crippen molar-refractivity contribution in [2.45, 2.75) is 13.3 Å². The lowest BCUT2D eigenvalue weighted by molar-refractivity contribution is -0.385. The number of carboxylic acid groups (broad SMARTS) is 1. The summed E-state index contributed by atoms with van der Waals surface area (Å²) in [5, 5.41) is 20.0. The molecule has 1 fully saturated rings. The molecule has 0 bridgehead atoms. The maximum atomic E-state index is 12.3. The Morgan fingerprint density at radius 1 is 1.50 bits per heavy atom. The number of hydrogen-bond acceptors (Lipinski definition) is 5. The van der Waals surface area contributed by atoms with Gasteiger partial charge in [0, 0.05) is 24.7 Å². The summed E-state index contributed by atoms with van der Waals surface area (Å²) in [4.78, 5) is 35.1. The maximum Gasteiger partial charge on any atom is 0.311 e. The summed E-state index contributed by atoms with van der Waals surface area (Å²) in [5.41, 5.74) is -0.122. The fourth-order valence-corrected chi connectivity index (χ4v) is 2.40. The number of likely N-dealkylation sites (tertiary alicyclic amines) is 1. The summed E-state index contributed by atoms with van der Waals surface area (Å²) in [7, 11) is 0. The molecular weight excluding hydrogens is 292 g/mol. The minimum absolute atomic E-state index is 0.105. The lowest BCUT2D eigenvalue weighted by Gasteiger charge is -2.16. The van der Waals surface area contributed by atoms with Gasteiger partial charge < -0.3 is 14.7 Å². The number of hydrogen-bond donors (Lipinski definition) is 1. The van der Waals surface area contributed by atoms with Gasteiger partial charge in [0.25, 0.3) is 5.91 Å². The Bertz CT molecular complexity index is 615. The minimum atomic E-state index is -0.937. The second-order valence-electron chi connectivity index (χ2n) is 4.95. The van der Waals surface area contributed by atoms with Gasteiger partial charge in [-0.15, -0.1) is 0 Å². The van der Waals surface area contributed by atoms with Crippen LogP contribution in [-0.4, -0.2) is 46.5 Å². The molecule has 1 atom stereocenters. The van der Waals surface area contributed by atoms with Crippen LogP contribution in [0.1, 0.15) is 23.7 Å². The minimum Gasteiger partial charge on any atom is -0.487 e. The number of amides is 1. The Morgan fingerprint density at radius 3 is 2.77 bits per heavy atom. The molecule has 1 heterocycles. The first-order valence-corrected chi connectivity index (χ1v) is 6.87. The van der Waals surface area contributed by atoms with Gasteiger partial charge >= 0.3 is 11.7 Å². The molecule has 1 aromatic carbocycles. The van der Waals surface area contributed by atoms with Crippen molar-refractivity contribution in [1.29, 1.82) is 0 Å². The zero-order valence-electron chi connectivity index (χ0n) is 12.0. The average molecular weight is 308 g/mol. The van der Waals surface area contributed by atoms with Crippen LogP contribution in [0.15, 0.2) is 18.2 Å². The van der Waals surface area contributed by atoms with Crippen molar-refractivity contribution in [3.8, 4) is 5.75 Å². The predicted molar refractivity (Wildman–Crippen MR) is 75.9 cm³/mol. The maximum absolute atomic E-state index is 12.3. The number of rotatable bonds is 5. The molecule has 1 N–H and O–H groups in total. The Hall–Kier alpha value is -2.64. The fraction of sp³-hybridized carbons (Fsp3) is 0.429. The summed E-state index contributed by atoms with van der Waals surface area (Å²) in [6, 6.07) is 4.01. The van der Waals surface area contributed by atoms with Gasteiger partial charge in [0.05, 0.1) is 17.4 Å². The number of nitro groups is 1. The second-order valence-corrected chi connectivity index (χ2v) is 4.95. The van der Waals surface area contributed by atoms with Crippen LogP contribution >= 0.6 is 0 Å². The van der Waals surface area contributed by atoms with Gasteiger partial charge in [-0.05, 0) is 25.5 Å². The first-order chi connectivity index (χ1) is 10.4. The summed E-state index contributed by atoms with van der Waals surface area (Å²) in [5.74, 6) is -1.82. The standard InChI is InChI=1S/C14H16N2O6/c1-2-22-12-4-3-9(7-11(12)16(20)21)13(17)15-6-5-10(8-15)14(18)19/h3-4,7,10H,2,5-6,8H2,1H3,(H,18,19). The van der Waals surface area contributed by atoms with E-state index < -0.39 is 22.7 Å². The number of carbonyl (C=O) groups is 2. The van der Waals surface area contributed by atoms with Crippen LogP contribution in [0.4, 0.5) is 5.69 Å². The number of carbonyl (C=O) groups excluding carboxylic acids is 1. The lowest BCUT2D eigenvalue weighted by atomic mass is 10.1. The highest BCUT2D eigenvalue weighted by Crippen LogP contribution is 2.29. The SMILES string of the molecule is CCOc1ccc(C(=O)N2CCC(C(=O)O)C2)cc1[N+](=O)[O-]. The molecule has 1 aromatic rings. The van der Waals surface area contributed by atoms with E-state index in [4.69, 9.17) is 9.84 Å². The molecule has 118 valence electrons. The van der Waals surface area contributed by atoms with E-state index in [-0.39, 0.29) is 30.2 Å². The highest BCUT2D eigenvalue weighted by molar-refractivity contribution is 5.95. The van der Waals surface area contributed by atoms with Crippen molar-refractivity contribution in [3.63, 3.8) is 0 Å². The second kappa shape index (κ2) is 6.42. The van der Waals surface area contributed by atoms with E-state index in [9.17, 15) is 19.7 Å². The van der Waals surface area contributed by atoms with Gasteiger partial charge in [0.2, 0.25) is 0 Å². The van der Waals surface area contributed by atoms with E-state index in [1.165, 1.54) is 23.1 Å².